The highest BCUT2D eigenvalue weighted by molar-refractivity contribution is 7.89. The zero-order valence-corrected chi connectivity index (χ0v) is 12.8. The van der Waals surface area contributed by atoms with Gasteiger partial charge in [-0.3, -0.25) is 10.8 Å². The minimum Gasteiger partial charge on any atom is -0.323 e. The van der Waals surface area contributed by atoms with E-state index in [0.717, 1.165) is 32.1 Å². The molecule has 6 nitrogen and oxygen atoms in total. The van der Waals surface area contributed by atoms with Gasteiger partial charge in [0.2, 0.25) is 10.0 Å². The Morgan fingerprint density at radius 3 is 2.81 bits per heavy atom. The van der Waals surface area contributed by atoms with Gasteiger partial charge in [-0.1, -0.05) is 12.8 Å². The fourth-order valence-corrected chi connectivity index (χ4v) is 5.56. The maximum atomic E-state index is 13.0. The first-order valence-electron chi connectivity index (χ1n) is 7.57. The molecule has 2 unspecified atom stereocenters. The fourth-order valence-electron chi connectivity index (χ4n) is 3.71. The first-order valence-corrected chi connectivity index (χ1v) is 9.01. The van der Waals surface area contributed by atoms with Gasteiger partial charge in [0.1, 0.15) is 4.90 Å². The molecule has 0 spiro atoms. The van der Waals surface area contributed by atoms with Gasteiger partial charge < -0.3 is 5.43 Å². The lowest BCUT2D eigenvalue weighted by molar-refractivity contribution is 0.129. The van der Waals surface area contributed by atoms with Crippen LogP contribution in [0, 0.1) is 5.92 Å². The second kappa shape index (κ2) is 5.90. The summed E-state index contributed by atoms with van der Waals surface area (Å²) in [4.78, 5) is 4.14. The van der Waals surface area contributed by atoms with E-state index in [-0.39, 0.29) is 10.9 Å². The molecule has 3 rings (SSSR count). The molecule has 1 saturated heterocycles. The first-order chi connectivity index (χ1) is 10.1. The molecular weight excluding hydrogens is 288 g/mol. The number of nitrogen functional groups attached to an aromatic ring is 1. The van der Waals surface area contributed by atoms with Crippen molar-refractivity contribution < 1.29 is 8.42 Å². The van der Waals surface area contributed by atoms with Crippen molar-refractivity contribution in [2.75, 3.05) is 12.0 Å². The number of nitrogens with two attached hydrogens (primary N) is 1. The van der Waals surface area contributed by atoms with Crippen LogP contribution in [0.4, 0.5) is 5.69 Å². The molecule has 3 N–H and O–H groups in total. The molecule has 21 heavy (non-hydrogen) atoms. The van der Waals surface area contributed by atoms with E-state index in [1.54, 1.807) is 10.4 Å². The Balaban J connectivity index is 1.96. The van der Waals surface area contributed by atoms with Gasteiger partial charge in [-0.2, -0.15) is 4.31 Å². The first kappa shape index (κ1) is 14.7. The van der Waals surface area contributed by atoms with Crippen LogP contribution in [0.15, 0.2) is 23.4 Å². The smallest absolute Gasteiger partial charge is 0.246 e. The number of aromatic nitrogens is 1. The molecule has 1 aliphatic carbocycles. The van der Waals surface area contributed by atoms with E-state index in [2.05, 4.69) is 10.4 Å². The monoisotopic (exact) mass is 310 g/mol. The number of piperidine rings is 1. The SMILES string of the molecule is NNc1ccncc1S(=O)(=O)N1CCCC2CCCCC21. The third-order valence-electron chi connectivity index (χ3n) is 4.72. The molecule has 1 aromatic rings. The van der Waals surface area contributed by atoms with Crippen LogP contribution in [0.25, 0.3) is 0 Å². The zero-order chi connectivity index (χ0) is 14.9. The average Bonchev–Trinajstić information content (AvgIpc) is 2.54. The Labute approximate surface area is 125 Å². The average molecular weight is 310 g/mol. The number of sulfonamides is 1. The van der Waals surface area contributed by atoms with E-state index in [1.165, 1.54) is 18.8 Å². The van der Waals surface area contributed by atoms with Gasteiger partial charge in [0.05, 0.1) is 5.69 Å². The van der Waals surface area contributed by atoms with Crippen molar-refractivity contribution in [2.45, 2.75) is 49.5 Å². The quantitative estimate of drug-likeness (QED) is 0.655. The number of pyridine rings is 1. The summed E-state index contributed by atoms with van der Waals surface area (Å²) in [5.41, 5.74) is 2.87. The summed E-state index contributed by atoms with van der Waals surface area (Å²) in [5, 5.41) is 0. The van der Waals surface area contributed by atoms with Crippen molar-refractivity contribution in [3.05, 3.63) is 18.5 Å². The molecule has 0 bridgehead atoms. The molecule has 1 aromatic heterocycles. The maximum Gasteiger partial charge on any atom is 0.246 e. The van der Waals surface area contributed by atoms with E-state index >= 15 is 0 Å². The third-order valence-corrected chi connectivity index (χ3v) is 6.67. The number of hydrogen-bond acceptors (Lipinski definition) is 5. The minimum absolute atomic E-state index is 0.142. The van der Waals surface area contributed by atoms with Crippen LogP contribution in [0.2, 0.25) is 0 Å². The van der Waals surface area contributed by atoms with Gasteiger partial charge in [0, 0.05) is 25.0 Å². The molecule has 2 atom stereocenters. The zero-order valence-electron chi connectivity index (χ0n) is 12.0. The summed E-state index contributed by atoms with van der Waals surface area (Å²) >= 11 is 0. The second-order valence-corrected chi connectivity index (χ2v) is 7.75. The Kier molecular flexibility index (Phi) is 4.14. The molecular formula is C14H22N4O2S. The predicted octanol–water partition coefficient (Wildman–Crippen LogP) is 1.71. The summed E-state index contributed by atoms with van der Waals surface area (Å²) in [6.45, 7) is 0.600. The van der Waals surface area contributed by atoms with Crippen molar-refractivity contribution in [3.8, 4) is 0 Å². The van der Waals surface area contributed by atoms with Crippen LogP contribution in [0.5, 0.6) is 0 Å². The van der Waals surface area contributed by atoms with Crippen molar-refractivity contribution in [2.24, 2.45) is 11.8 Å². The van der Waals surface area contributed by atoms with Crippen molar-refractivity contribution in [1.82, 2.24) is 9.29 Å². The highest BCUT2D eigenvalue weighted by atomic mass is 32.2. The van der Waals surface area contributed by atoms with Crippen molar-refractivity contribution in [1.29, 1.82) is 0 Å². The molecule has 2 aliphatic rings. The maximum absolute atomic E-state index is 13.0. The molecule has 116 valence electrons. The lowest BCUT2D eigenvalue weighted by Crippen LogP contribution is -2.49. The van der Waals surface area contributed by atoms with Gasteiger partial charge in [0.15, 0.2) is 0 Å². The lowest BCUT2D eigenvalue weighted by Gasteiger charge is -2.43. The molecule has 0 amide bonds. The van der Waals surface area contributed by atoms with E-state index in [4.69, 9.17) is 5.84 Å². The van der Waals surface area contributed by atoms with Crippen molar-refractivity contribution >= 4 is 15.7 Å². The largest absolute Gasteiger partial charge is 0.323 e. The molecule has 1 aliphatic heterocycles. The lowest BCUT2D eigenvalue weighted by atomic mass is 9.79. The van der Waals surface area contributed by atoms with Crippen LogP contribution in [0.1, 0.15) is 38.5 Å². The highest BCUT2D eigenvalue weighted by Gasteiger charge is 2.40. The van der Waals surface area contributed by atoms with E-state index in [1.807, 2.05) is 0 Å². The van der Waals surface area contributed by atoms with Gasteiger partial charge in [0.25, 0.3) is 0 Å². The standard InChI is InChI=1S/C14H22N4O2S/c15-17-12-7-8-16-10-14(12)21(19,20)18-9-3-5-11-4-1-2-6-13(11)18/h7-8,10-11,13H,1-6,9,15H2,(H,16,17). The molecule has 7 heteroatoms. The topological polar surface area (TPSA) is 88.3 Å². The number of nitrogens with zero attached hydrogens (tertiary/aromatic N) is 2. The normalized spacial score (nSPS) is 27.1. The predicted molar refractivity (Wildman–Crippen MR) is 80.9 cm³/mol. The Morgan fingerprint density at radius 1 is 1.24 bits per heavy atom. The number of rotatable bonds is 3. The molecule has 2 fully saturated rings. The van der Waals surface area contributed by atoms with Crippen molar-refractivity contribution in [3.63, 3.8) is 0 Å². The van der Waals surface area contributed by atoms with Crippen LogP contribution >= 0.6 is 0 Å². The Hall–Kier alpha value is -1.18. The third kappa shape index (κ3) is 2.65. The summed E-state index contributed by atoms with van der Waals surface area (Å²) in [7, 11) is -3.55. The Bertz CT molecular complexity index is 603. The van der Waals surface area contributed by atoms with Gasteiger partial charge in [-0.05, 0) is 37.7 Å². The molecule has 1 saturated carbocycles. The van der Waals surface area contributed by atoms with Crippen LogP contribution < -0.4 is 11.3 Å². The summed E-state index contributed by atoms with van der Waals surface area (Å²) in [5.74, 6) is 5.96. The highest BCUT2D eigenvalue weighted by Crippen LogP contribution is 2.38. The molecule has 0 radical (unpaired) electrons. The second-order valence-electron chi connectivity index (χ2n) is 5.89. The number of fused-ring (bicyclic) bond motifs is 1. The number of nitrogens with one attached hydrogen (secondary N) is 1. The fraction of sp³-hybridized carbons (Fsp3) is 0.643. The molecule has 0 aromatic carbocycles. The van der Waals surface area contributed by atoms with E-state index < -0.39 is 10.0 Å². The number of hydrogen-bond donors (Lipinski definition) is 2. The van der Waals surface area contributed by atoms with Gasteiger partial charge in [-0.15, -0.1) is 0 Å². The minimum atomic E-state index is -3.55. The van der Waals surface area contributed by atoms with Gasteiger partial charge >= 0.3 is 0 Å². The van der Waals surface area contributed by atoms with Crippen LogP contribution in [0.3, 0.4) is 0 Å². The van der Waals surface area contributed by atoms with Crippen LogP contribution in [-0.4, -0.2) is 30.3 Å². The van der Waals surface area contributed by atoms with E-state index in [9.17, 15) is 8.42 Å². The van der Waals surface area contributed by atoms with Gasteiger partial charge in [-0.25, -0.2) is 8.42 Å². The summed E-state index contributed by atoms with van der Waals surface area (Å²) < 4.78 is 27.7. The molecule has 2 heterocycles. The number of hydrazine groups is 1. The summed E-state index contributed by atoms with van der Waals surface area (Å²) in [6.07, 6.45) is 9.45. The number of anilines is 1. The van der Waals surface area contributed by atoms with Crippen LogP contribution in [-0.2, 0) is 10.0 Å². The Morgan fingerprint density at radius 2 is 2.00 bits per heavy atom. The van der Waals surface area contributed by atoms with E-state index in [0.29, 0.717) is 18.2 Å². The summed E-state index contributed by atoms with van der Waals surface area (Å²) in [6, 6.07) is 1.73.